The molecule has 106 valence electrons. The highest BCUT2D eigenvalue weighted by Gasteiger charge is 2.23. The molecule has 0 saturated carbocycles. The lowest BCUT2D eigenvalue weighted by molar-refractivity contribution is 0.282. The van der Waals surface area contributed by atoms with E-state index in [0.717, 1.165) is 12.5 Å². The zero-order valence-electron chi connectivity index (χ0n) is 12.4. The molecule has 1 saturated heterocycles. The van der Waals surface area contributed by atoms with Crippen molar-refractivity contribution < 1.29 is 4.74 Å². The van der Waals surface area contributed by atoms with Crippen LogP contribution >= 0.6 is 0 Å². The van der Waals surface area contributed by atoms with Crippen molar-refractivity contribution in [1.82, 2.24) is 5.32 Å². The Hall–Kier alpha value is -2.22. The Labute approximate surface area is 124 Å². The molecule has 2 nitrogen and oxygen atoms in total. The standard InChI is InChI=1S/C19H19NO/c1-12(2)18-11-21-19(20-18)16-9-5-8-15-14-7-4-3-6-13(14)10-17(15)16/h3-10,12,18,20H,11H2,1-2H3. The smallest absolute Gasteiger partial charge is 0.195 e. The summed E-state index contributed by atoms with van der Waals surface area (Å²) in [6.07, 6.45) is 2.26. The summed E-state index contributed by atoms with van der Waals surface area (Å²) in [7, 11) is 0. The highest BCUT2D eigenvalue weighted by atomic mass is 16.5. The van der Waals surface area contributed by atoms with Gasteiger partial charge in [0.15, 0.2) is 5.88 Å². The van der Waals surface area contributed by atoms with E-state index in [1.807, 2.05) is 0 Å². The van der Waals surface area contributed by atoms with Gasteiger partial charge in [-0.05, 0) is 40.0 Å². The van der Waals surface area contributed by atoms with E-state index in [2.05, 4.69) is 67.7 Å². The maximum Gasteiger partial charge on any atom is 0.195 e. The third-order valence-corrected chi connectivity index (χ3v) is 4.43. The molecule has 0 aromatic heterocycles. The minimum absolute atomic E-state index is 0.402. The van der Waals surface area contributed by atoms with Crippen LogP contribution in [0.2, 0.25) is 0 Å². The van der Waals surface area contributed by atoms with Crippen LogP contribution in [0.25, 0.3) is 23.1 Å². The van der Waals surface area contributed by atoms with E-state index in [9.17, 15) is 0 Å². The van der Waals surface area contributed by atoms with Gasteiger partial charge in [-0.2, -0.15) is 0 Å². The zero-order chi connectivity index (χ0) is 14.4. The van der Waals surface area contributed by atoms with Gasteiger partial charge >= 0.3 is 0 Å². The molecule has 0 spiro atoms. The van der Waals surface area contributed by atoms with Gasteiger partial charge in [0.25, 0.3) is 0 Å². The second-order valence-electron chi connectivity index (χ2n) is 6.13. The molecule has 1 aliphatic carbocycles. The molecule has 0 bridgehead atoms. The van der Waals surface area contributed by atoms with Crippen LogP contribution in [0.5, 0.6) is 0 Å². The monoisotopic (exact) mass is 277 g/mol. The fourth-order valence-electron chi connectivity index (χ4n) is 3.12. The molecule has 1 atom stereocenters. The first-order valence-corrected chi connectivity index (χ1v) is 7.58. The van der Waals surface area contributed by atoms with Crippen molar-refractivity contribution in [2.75, 3.05) is 6.61 Å². The van der Waals surface area contributed by atoms with E-state index in [4.69, 9.17) is 4.74 Å². The summed E-state index contributed by atoms with van der Waals surface area (Å²) in [5, 5.41) is 5.98. The normalized spacial score (nSPS) is 21.4. The predicted molar refractivity (Wildman–Crippen MR) is 85.8 cm³/mol. The molecule has 0 radical (unpaired) electrons. The molecule has 1 fully saturated rings. The third kappa shape index (κ3) is 1.94. The number of benzene rings is 2. The Balaban J connectivity index is 1.91. The highest BCUT2D eigenvalue weighted by Crippen LogP contribution is 2.25. The van der Waals surface area contributed by atoms with Crippen LogP contribution in [0, 0.1) is 5.92 Å². The van der Waals surface area contributed by atoms with Crippen molar-refractivity contribution in [1.29, 1.82) is 0 Å². The van der Waals surface area contributed by atoms with Crippen LogP contribution in [-0.2, 0) is 4.74 Å². The van der Waals surface area contributed by atoms with Crippen LogP contribution in [0.1, 0.15) is 19.4 Å². The van der Waals surface area contributed by atoms with Gasteiger partial charge in [0.05, 0.1) is 6.04 Å². The van der Waals surface area contributed by atoms with E-state index in [1.165, 1.54) is 27.1 Å². The maximum absolute atomic E-state index is 5.92. The summed E-state index contributed by atoms with van der Waals surface area (Å²) in [6, 6.07) is 15.4. The molecular formula is C19H19NO. The summed E-state index contributed by atoms with van der Waals surface area (Å²) in [5.74, 6) is 1.50. The Morgan fingerprint density at radius 3 is 2.67 bits per heavy atom. The van der Waals surface area contributed by atoms with Crippen molar-refractivity contribution in [2.24, 2.45) is 5.92 Å². The van der Waals surface area contributed by atoms with Crippen molar-refractivity contribution in [3.63, 3.8) is 0 Å². The van der Waals surface area contributed by atoms with E-state index in [1.54, 1.807) is 0 Å². The Morgan fingerprint density at radius 2 is 1.86 bits per heavy atom. The van der Waals surface area contributed by atoms with Gasteiger partial charge in [-0.3, -0.25) is 0 Å². The second-order valence-corrected chi connectivity index (χ2v) is 6.13. The minimum atomic E-state index is 0.402. The quantitative estimate of drug-likeness (QED) is 0.736. The van der Waals surface area contributed by atoms with Gasteiger partial charge in [0.2, 0.25) is 0 Å². The van der Waals surface area contributed by atoms with Crippen LogP contribution in [0.15, 0.2) is 42.5 Å². The van der Waals surface area contributed by atoms with Crippen molar-refractivity contribution in [3.05, 3.63) is 58.5 Å². The number of fused-ring (bicyclic) bond motifs is 3. The number of hydrogen-bond acceptors (Lipinski definition) is 2. The Bertz CT molecular complexity index is 820. The van der Waals surface area contributed by atoms with Crippen LogP contribution < -0.4 is 15.8 Å². The number of hydrogen-bond donors (Lipinski definition) is 1. The second kappa shape index (κ2) is 4.66. The average Bonchev–Trinajstić information content (AvgIpc) is 3.11. The minimum Gasteiger partial charge on any atom is -0.477 e. The average molecular weight is 277 g/mol. The molecule has 2 aromatic carbocycles. The first-order valence-electron chi connectivity index (χ1n) is 7.58. The lowest BCUT2D eigenvalue weighted by Gasteiger charge is -2.11. The topological polar surface area (TPSA) is 21.3 Å². The van der Waals surface area contributed by atoms with Crippen LogP contribution in [0.3, 0.4) is 0 Å². The SMILES string of the molecule is CC(C)C1COC(=c2cccc3c2=Cc2ccccc2-3)N1. The number of nitrogens with one attached hydrogen (secondary N) is 1. The summed E-state index contributed by atoms with van der Waals surface area (Å²) in [5.41, 5.74) is 3.90. The van der Waals surface area contributed by atoms with Gasteiger partial charge in [-0.1, -0.05) is 50.2 Å². The van der Waals surface area contributed by atoms with Gasteiger partial charge < -0.3 is 10.1 Å². The molecule has 2 aliphatic rings. The molecule has 4 rings (SSSR count). The molecule has 1 unspecified atom stereocenters. The molecule has 1 heterocycles. The van der Waals surface area contributed by atoms with E-state index in [0.29, 0.717) is 12.0 Å². The van der Waals surface area contributed by atoms with Crippen LogP contribution in [-0.4, -0.2) is 12.6 Å². The molecule has 1 aliphatic heterocycles. The first-order chi connectivity index (χ1) is 10.2. The molecule has 2 heteroatoms. The van der Waals surface area contributed by atoms with E-state index < -0.39 is 0 Å². The third-order valence-electron chi connectivity index (χ3n) is 4.43. The van der Waals surface area contributed by atoms with Crippen molar-refractivity contribution >= 4 is 12.0 Å². The van der Waals surface area contributed by atoms with E-state index in [-0.39, 0.29) is 0 Å². The largest absolute Gasteiger partial charge is 0.477 e. The molecule has 2 aromatic rings. The summed E-state index contributed by atoms with van der Waals surface area (Å²) in [4.78, 5) is 0. The van der Waals surface area contributed by atoms with Gasteiger partial charge in [0, 0.05) is 5.22 Å². The van der Waals surface area contributed by atoms with Crippen molar-refractivity contribution in [3.8, 4) is 11.1 Å². The fraction of sp³-hybridized carbons (Fsp3) is 0.263. The van der Waals surface area contributed by atoms with Gasteiger partial charge in [-0.15, -0.1) is 0 Å². The van der Waals surface area contributed by atoms with Gasteiger partial charge in [0.1, 0.15) is 6.61 Å². The predicted octanol–water partition coefficient (Wildman–Crippen LogP) is 2.21. The lowest BCUT2D eigenvalue weighted by atomic mass is 10.0. The zero-order valence-corrected chi connectivity index (χ0v) is 12.4. The lowest BCUT2D eigenvalue weighted by Crippen LogP contribution is -2.34. The Morgan fingerprint density at radius 1 is 1.05 bits per heavy atom. The first kappa shape index (κ1) is 12.5. The summed E-state index contributed by atoms with van der Waals surface area (Å²) in [6.45, 7) is 5.20. The molecular weight excluding hydrogens is 258 g/mol. The van der Waals surface area contributed by atoms with Crippen LogP contribution in [0.4, 0.5) is 0 Å². The fourth-order valence-corrected chi connectivity index (χ4v) is 3.12. The number of rotatable bonds is 1. The van der Waals surface area contributed by atoms with Gasteiger partial charge in [-0.25, -0.2) is 0 Å². The van der Waals surface area contributed by atoms with Crippen molar-refractivity contribution in [2.45, 2.75) is 19.9 Å². The summed E-state index contributed by atoms with van der Waals surface area (Å²) < 4.78 is 5.92. The maximum atomic E-state index is 5.92. The Kier molecular flexibility index (Phi) is 2.78. The molecule has 1 N–H and O–H groups in total. The van der Waals surface area contributed by atoms with E-state index >= 15 is 0 Å². The molecule has 21 heavy (non-hydrogen) atoms. The summed E-state index contributed by atoms with van der Waals surface area (Å²) >= 11 is 0. The molecule has 0 amide bonds. The highest BCUT2D eigenvalue weighted by molar-refractivity contribution is 5.83. The number of ether oxygens (including phenoxy) is 1.